The second-order valence-corrected chi connectivity index (χ2v) is 4.54. The first-order valence-corrected chi connectivity index (χ1v) is 6.43. The molecule has 0 spiro atoms. The maximum absolute atomic E-state index is 11.7. The van der Waals surface area contributed by atoms with E-state index in [1.54, 1.807) is 6.92 Å². The predicted molar refractivity (Wildman–Crippen MR) is 72.2 cm³/mol. The van der Waals surface area contributed by atoms with Crippen molar-refractivity contribution < 1.29 is 14.4 Å². The molecular weight excluding hydrogens is 248 g/mol. The van der Waals surface area contributed by atoms with Crippen LogP contribution in [0.4, 0.5) is 0 Å². The summed E-state index contributed by atoms with van der Waals surface area (Å²) in [6.45, 7) is 7.15. The Balaban J connectivity index is 4.21. The minimum absolute atomic E-state index is 0.249. The van der Waals surface area contributed by atoms with E-state index >= 15 is 0 Å². The van der Waals surface area contributed by atoms with Gasteiger partial charge in [0, 0.05) is 6.54 Å². The maximum Gasteiger partial charge on any atom is 0.242 e. The van der Waals surface area contributed by atoms with Crippen LogP contribution in [0.1, 0.15) is 34.1 Å². The molecule has 3 amide bonds. The summed E-state index contributed by atoms with van der Waals surface area (Å²) in [6.07, 6.45) is 0.827. The maximum atomic E-state index is 11.7. The third-order valence-corrected chi connectivity index (χ3v) is 2.47. The molecule has 0 aliphatic rings. The van der Waals surface area contributed by atoms with E-state index in [1.807, 2.05) is 6.92 Å². The van der Waals surface area contributed by atoms with Gasteiger partial charge in [0.05, 0.1) is 6.04 Å². The summed E-state index contributed by atoms with van der Waals surface area (Å²) in [5, 5.41) is 7.66. The van der Waals surface area contributed by atoms with E-state index in [1.165, 1.54) is 13.8 Å². The number of carbonyl (C=O) groups excluding carboxylic acids is 3. The van der Waals surface area contributed by atoms with Crippen LogP contribution in [0.2, 0.25) is 0 Å². The lowest BCUT2D eigenvalue weighted by Crippen LogP contribution is -2.53. The molecule has 0 saturated carbocycles. The molecule has 0 heterocycles. The Hall–Kier alpha value is -1.63. The number of hydrogen-bond donors (Lipinski definition) is 4. The minimum atomic E-state index is -0.736. The van der Waals surface area contributed by atoms with Gasteiger partial charge in [-0.15, -0.1) is 0 Å². The first-order chi connectivity index (χ1) is 8.79. The number of hydrogen-bond acceptors (Lipinski definition) is 4. The molecule has 0 aromatic carbocycles. The molecule has 0 aromatic rings. The predicted octanol–water partition coefficient (Wildman–Crippen LogP) is -1.13. The molecule has 19 heavy (non-hydrogen) atoms. The molecule has 0 saturated heterocycles. The highest BCUT2D eigenvalue weighted by Crippen LogP contribution is 1.89. The van der Waals surface area contributed by atoms with Crippen LogP contribution in [0.15, 0.2) is 0 Å². The molecule has 0 aliphatic carbocycles. The van der Waals surface area contributed by atoms with Crippen LogP contribution in [0.5, 0.6) is 0 Å². The molecule has 0 rings (SSSR count). The van der Waals surface area contributed by atoms with Crippen LogP contribution in [0, 0.1) is 0 Å². The second kappa shape index (κ2) is 8.47. The zero-order valence-corrected chi connectivity index (χ0v) is 11.9. The Kier molecular flexibility index (Phi) is 7.74. The SMILES string of the molecule is CCCNC(=O)[C@H](C)NC(=O)[C@H](C)NC(=O)[C@H](C)N. The van der Waals surface area contributed by atoms with E-state index in [0.717, 1.165) is 6.42 Å². The highest BCUT2D eigenvalue weighted by molar-refractivity contribution is 5.92. The van der Waals surface area contributed by atoms with Crippen LogP contribution in [-0.2, 0) is 14.4 Å². The third-order valence-electron chi connectivity index (χ3n) is 2.47. The zero-order valence-electron chi connectivity index (χ0n) is 11.9. The van der Waals surface area contributed by atoms with E-state index in [4.69, 9.17) is 5.73 Å². The van der Waals surface area contributed by atoms with Crippen molar-refractivity contribution in [3.63, 3.8) is 0 Å². The average Bonchev–Trinajstić information content (AvgIpc) is 2.35. The molecule has 7 heteroatoms. The summed E-state index contributed by atoms with van der Waals surface area (Å²) in [5.41, 5.74) is 5.38. The van der Waals surface area contributed by atoms with Crippen LogP contribution in [-0.4, -0.2) is 42.4 Å². The van der Waals surface area contributed by atoms with Gasteiger partial charge in [-0.1, -0.05) is 6.92 Å². The highest BCUT2D eigenvalue weighted by atomic mass is 16.2. The van der Waals surface area contributed by atoms with Crippen molar-refractivity contribution in [3.8, 4) is 0 Å². The van der Waals surface area contributed by atoms with Gasteiger partial charge in [-0.2, -0.15) is 0 Å². The molecule has 7 nitrogen and oxygen atoms in total. The lowest BCUT2D eigenvalue weighted by atomic mass is 10.2. The molecule has 0 fully saturated rings. The van der Waals surface area contributed by atoms with Crippen LogP contribution < -0.4 is 21.7 Å². The molecule has 3 atom stereocenters. The van der Waals surface area contributed by atoms with E-state index in [0.29, 0.717) is 6.54 Å². The summed E-state index contributed by atoms with van der Waals surface area (Å²) in [5.74, 6) is -1.08. The Labute approximate surface area is 113 Å². The van der Waals surface area contributed by atoms with Crippen molar-refractivity contribution in [1.29, 1.82) is 0 Å². The van der Waals surface area contributed by atoms with E-state index in [2.05, 4.69) is 16.0 Å². The van der Waals surface area contributed by atoms with Gasteiger partial charge in [-0.3, -0.25) is 14.4 Å². The van der Waals surface area contributed by atoms with Gasteiger partial charge in [-0.05, 0) is 27.2 Å². The molecule has 0 aliphatic heterocycles. The van der Waals surface area contributed by atoms with Gasteiger partial charge in [0.25, 0.3) is 0 Å². The summed E-state index contributed by atoms with van der Waals surface area (Å²) >= 11 is 0. The Morgan fingerprint density at radius 3 is 1.89 bits per heavy atom. The fourth-order valence-electron chi connectivity index (χ4n) is 1.22. The van der Waals surface area contributed by atoms with Crippen molar-refractivity contribution in [3.05, 3.63) is 0 Å². The fraction of sp³-hybridized carbons (Fsp3) is 0.750. The quantitative estimate of drug-likeness (QED) is 0.469. The Morgan fingerprint density at radius 1 is 0.947 bits per heavy atom. The van der Waals surface area contributed by atoms with Gasteiger partial charge in [-0.25, -0.2) is 0 Å². The number of nitrogens with one attached hydrogen (secondary N) is 3. The normalized spacial score (nSPS) is 15.0. The highest BCUT2D eigenvalue weighted by Gasteiger charge is 2.21. The van der Waals surface area contributed by atoms with Gasteiger partial charge in [0.2, 0.25) is 17.7 Å². The van der Waals surface area contributed by atoms with Crippen molar-refractivity contribution >= 4 is 17.7 Å². The van der Waals surface area contributed by atoms with Crippen LogP contribution in [0.3, 0.4) is 0 Å². The molecule has 5 N–H and O–H groups in total. The lowest BCUT2D eigenvalue weighted by molar-refractivity contribution is -0.131. The molecule has 110 valence electrons. The summed E-state index contributed by atoms with van der Waals surface area (Å²) in [7, 11) is 0. The standard InChI is InChI=1S/C12H24N4O3/c1-5-6-14-11(18)8(3)16-12(19)9(4)15-10(17)7(2)13/h7-9H,5-6,13H2,1-4H3,(H,14,18)(H,15,17)(H,16,19)/t7-,8-,9-/m0/s1. The van der Waals surface area contributed by atoms with Crippen molar-refractivity contribution in [2.45, 2.75) is 52.2 Å². The summed E-state index contributed by atoms with van der Waals surface area (Å²) < 4.78 is 0. The topological polar surface area (TPSA) is 113 Å². The Bertz CT molecular complexity index is 331. The van der Waals surface area contributed by atoms with Gasteiger partial charge >= 0.3 is 0 Å². The number of carbonyl (C=O) groups is 3. The van der Waals surface area contributed by atoms with Crippen LogP contribution in [0.25, 0.3) is 0 Å². The molecule has 0 aromatic heterocycles. The molecular formula is C12H24N4O3. The summed E-state index contributed by atoms with van der Waals surface area (Å²) in [4.78, 5) is 34.6. The smallest absolute Gasteiger partial charge is 0.242 e. The van der Waals surface area contributed by atoms with Crippen molar-refractivity contribution in [2.24, 2.45) is 5.73 Å². The van der Waals surface area contributed by atoms with E-state index < -0.39 is 29.9 Å². The second-order valence-electron chi connectivity index (χ2n) is 4.54. The molecule has 0 bridgehead atoms. The lowest BCUT2D eigenvalue weighted by Gasteiger charge is -2.19. The van der Waals surface area contributed by atoms with Crippen molar-refractivity contribution in [1.82, 2.24) is 16.0 Å². The Morgan fingerprint density at radius 2 is 1.42 bits per heavy atom. The average molecular weight is 272 g/mol. The monoisotopic (exact) mass is 272 g/mol. The molecule has 0 radical (unpaired) electrons. The van der Waals surface area contributed by atoms with Gasteiger partial charge < -0.3 is 21.7 Å². The first-order valence-electron chi connectivity index (χ1n) is 6.43. The van der Waals surface area contributed by atoms with Gasteiger partial charge in [0.15, 0.2) is 0 Å². The van der Waals surface area contributed by atoms with Gasteiger partial charge in [0.1, 0.15) is 12.1 Å². The fourth-order valence-corrected chi connectivity index (χ4v) is 1.22. The largest absolute Gasteiger partial charge is 0.354 e. The minimum Gasteiger partial charge on any atom is -0.354 e. The van der Waals surface area contributed by atoms with E-state index in [-0.39, 0.29) is 5.91 Å². The summed E-state index contributed by atoms with van der Waals surface area (Å²) in [6, 6.07) is -2.06. The van der Waals surface area contributed by atoms with Crippen LogP contribution >= 0.6 is 0 Å². The van der Waals surface area contributed by atoms with Crippen molar-refractivity contribution in [2.75, 3.05) is 6.54 Å². The zero-order chi connectivity index (χ0) is 15.0. The van der Waals surface area contributed by atoms with E-state index in [9.17, 15) is 14.4 Å². The molecule has 0 unspecified atom stereocenters. The third kappa shape index (κ3) is 6.76. The first kappa shape index (κ1) is 17.4. The number of amides is 3. The number of nitrogens with two attached hydrogens (primary N) is 1. The number of rotatable bonds is 7.